The first-order valence-electron chi connectivity index (χ1n) is 8.74. The number of carbonyl (C=O) groups is 1. The number of aryl methyl sites for hydroxylation is 2. The summed E-state index contributed by atoms with van der Waals surface area (Å²) in [6.07, 6.45) is 0.123. The third kappa shape index (κ3) is 3.74. The minimum absolute atomic E-state index is 0.123. The number of rotatable bonds is 5. The zero-order valence-electron chi connectivity index (χ0n) is 15.4. The molecule has 0 saturated carbocycles. The molecule has 6 nitrogen and oxygen atoms in total. The number of hydrogen-bond donors (Lipinski definition) is 1. The van der Waals surface area contributed by atoms with Crippen molar-refractivity contribution in [1.29, 1.82) is 0 Å². The van der Waals surface area contributed by atoms with E-state index in [0.717, 1.165) is 25.8 Å². The molecule has 4 rings (SSSR count). The third-order valence-electron chi connectivity index (χ3n) is 4.35. The van der Waals surface area contributed by atoms with Gasteiger partial charge in [-0.1, -0.05) is 18.2 Å². The molecule has 3 aromatic heterocycles. The Kier molecular flexibility index (Phi) is 5.06. The van der Waals surface area contributed by atoms with Crippen LogP contribution in [0.2, 0.25) is 0 Å². The van der Waals surface area contributed by atoms with Crippen LogP contribution in [0, 0.1) is 6.92 Å². The van der Waals surface area contributed by atoms with Gasteiger partial charge in [-0.2, -0.15) is 5.10 Å². The molecule has 0 bridgehead atoms. The van der Waals surface area contributed by atoms with Crippen LogP contribution in [0.4, 0.5) is 0 Å². The fourth-order valence-electron chi connectivity index (χ4n) is 2.99. The van der Waals surface area contributed by atoms with Gasteiger partial charge in [-0.15, -0.1) is 22.7 Å². The van der Waals surface area contributed by atoms with Crippen molar-refractivity contribution < 1.29 is 4.79 Å². The third-order valence-corrected chi connectivity index (χ3v) is 6.24. The summed E-state index contributed by atoms with van der Waals surface area (Å²) in [4.78, 5) is 31.3. The monoisotopic (exact) mass is 410 g/mol. The molecule has 142 valence electrons. The van der Waals surface area contributed by atoms with Crippen LogP contribution in [0.1, 0.15) is 15.6 Å². The summed E-state index contributed by atoms with van der Waals surface area (Å²) in [5, 5.41) is 11.6. The van der Waals surface area contributed by atoms with Crippen molar-refractivity contribution in [1.82, 2.24) is 20.1 Å². The Morgan fingerprint density at radius 3 is 2.71 bits per heavy atom. The van der Waals surface area contributed by atoms with Crippen molar-refractivity contribution in [2.45, 2.75) is 19.9 Å². The van der Waals surface area contributed by atoms with E-state index in [1.54, 1.807) is 35.8 Å². The van der Waals surface area contributed by atoms with Gasteiger partial charge in [0.05, 0.1) is 39.6 Å². The number of thiophene rings is 1. The number of nitrogens with zero attached hydrogens (tertiary/aromatic N) is 3. The lowest BCUT2D eigenvalue weighted by atomic mass is 10.1. The summed E-state index contributed by atoms with van der Waals surface area (Å²) in [5.74, 6) is -0.129. The van der Waals surface area contributed by atoms with E-state index in [2.05, 4.69) is 15.4 Å². The number of amides is 1. The number of hydrogen-bond acceptors (Lipinski definition) is 6. The second-order valence-electron chi connectivity index (χ2n) is 6.39. The molecule has 0 aliphatic carbocycles. The molecule has 4 aromatic rings. The highest BCUT2D eigenvalue weighted by Gasteiger charge is 2.13. The largest absolute Gasteiger partial charge is 0.351 e. The zero-order valence-corrected chi connectivity index (χ0v) is 17.1. The van der Waals surface area contributed by atoms with Gasteiger partial charge in [0.2, 0.25) is 5.91 Å². The lowest BCUT2D eigenvalue weighted by Crippen LogP contribution is -2.27. The van der Waals surface area contributed by atoms with Gasteiger partial charge in [0.15, 0.2) is 0 Å². The van der Waals surface area contributed by atoms with E-state index >= 15 is 0 Å². The molecule has 0 aliphatic heterocycles. The van der Waals surface area contributed by atoms with Gasteiger partial charge in [-0.3, -0.25) is 9.59 Å². The molecule has 0 unspecified atom stereocenters. The van der Waals surface area contributed by atoms with Crippen LogP contribution in [0.3, 0.4) is 0 Å². The fourth-order valence-corrected chi connectivity index (χ4v) is 4.59. The normalized spacial score (nSPS) is 11.1. The van der Waals surface area contributed by atoms with Crippen LogP contribution in [0.15, 0.2) is 46.6 Å². The molecule has 28 heavy (non-hydrogen) atoms. The number of fused-ring (bicyclic) bond motifs is 1. The van der Waals surface area contributed by atoms with E-state index in [0.29, 0.717) is 17.6 Å². The van der Waals surface area contributed by atoms with Crippen molar-refractivity contribution in [2.75, 3.05) is 0 Å². The maximum absolute atomic E-state index is 12.5. The molecule has 0 aliphatic rings. The van der Waals surface area contributed by atoms with Crippen molar-refractivity contribution in [3.63, 3.8) is 0 Å². The van der Waals surface area contributed by atoms with Crippen molar-refractivity contribution in [3.05, 3.63) is 67.7 Å². The van der Waals surface area contributed by atoms with Gasteiger partial charge in [-0.05, 0) is 25.1 Å². The molecule has 0 spiro atoms. The molecule has 0 radical (unpaired) electrons. The average Bonchev–Trinajstić information content (AvgIpc) is 3.33. The van der Waals surface area contributed by atoms with Gasteiger partial charge in [-0.25, -0.2) is 9.67 Å². The van der Waals surface area contributed by atoms with E-state index in [1.807, 2.05) is 42.6 Å². The highest BCUT2D eigenvalue weighted by molar-refractivity contribution is 7.16. The number of nitrogens with one attached hydrogen (secondary N) is 1. The van der Waals surface area contributed by atoms with E-state index in [1.165, 1.54) is 4.68 Å². The van der Waals surface area contributed by atoms with Crippen molar-refractivity contribution in [2.24, 2.45) is 7.05 Å². The van der Waals surface area contributed by atoms with E-state index in [9.17, 15) is 9.59 Å². The Labute approximate surface area is 169 Å². The summed E-state index contributed by atoms with van der Waals surface area (Å²) in [6.45, 7) is 2.44. The van der Waals surface area contributed by atoms with Crippen molar-refractivity contribution in [3.8, 4) is 10.6 Å². The van der Waals surface area contributed by atoms with Gasteiger partial charge in [0.1, 0.15) is 0 Å². The number of carbonyl (C=O) groups excluding carboxylic acids is 1. The van der Waals surface area contributed by atoms with Crippen LogP contribution in [0.25, 0.3) is 21.3 Å². The van der Waals surface area contributed by atoms with E-state index < -0.39 is 0 Å². The molecule has 0 atom stereocenters. The molecule has 1 N–H and O–H groups in total. The van der Waals surface area contributed by atoms with Gasteiger partial charge >= 0.3 is 0 Å². The Hall–Kier alpha value is -2.84. The van der Waals surface area contributed by atoms with Gasteiger partial charge in [0.25, 0.3) is 5.56 Å². The Morgan fingerprint density at radius 2 is 1.96 bits per heavy atom. The zero-order chi connectivity index (χ0) is 19.7. The molecular formula is C20H18N4O2S2. The predicted octanol–water partition coefficient (Wildman–Crippen LogP) is 3.29. The first kappa shape index (κ1) is 18.5. The minimum Gasteiger partial charge on any atom is -0.351 e. The van der Waals surface area contributed by atoms with Crippen LogP contribution >= 0.6 is 22.7 Å². The summed E-state index contributed by atoms with van der Waals surface area (Å²) in [6, 6.07) is 11.3. The lowest BCUT2D eigenvalue weighted by molar-refractivity contribution is -0.120. The van der Waals surface area contributed by atoms with Gasteiger partial charge < -0.3 is 5.32 Å². The van der Waals surface area contributed by atoms with Crippen LogP contribution in [-0.4, -0.2) is 20.7 Å². The molecule has 0 saturated heterocycles. The van der Waals surface area contributed by atoms with Crippen LogP contribution in [-0.2, 0) is 24.8 Å². The lowest BCUT2D eigenvalue weighted by Gasteiger charge is -2.08. The summed E-state index contributed by atoms with van der Waals surface area (Å²) < 4.78 is 1.28. The van der Waals surface area contributed by atoms with Crippen molar-refractivity contribution >= 4 is 39.4 Å². The number of aromatic nitrogens is 3. The minimum atomic E-state index is -0.164. The van der Waals surface area contributed by atoms with E-state index in [-0.39, 0.29) is 17.9 Å². The average molecular weight is 411 g/mol. The second-order valence-corrected chi connectivity index (χ2v) is 8.62. The smallest absolute Gasteiger partial charge is 0.274 e. The molecule has 1 aromatic carbocycles. The summed E-state index contributed by atoms with van der Waals surface area (Å²) in [5.41, 5.74) is 1.41. The predicted molar refractivity (Wildman–Crippen MR) is 113 cm³/mol. The molecular weight excluding hydrogens is 392 g/mol. The Bertz CT molecular complexity index is 1220. The fraction of sp³-hybridized carbons (Fsp3) is 0.200. The molecule has 3 heterocycles. The topological polar surface area (TPSA) is 76.9 Å². The SMILES string of the molecule is Cc1nc(-c2ccc(CNC(=O)Cc3nn(C)c(=O)c4ccccc34)s2)cs1. The first-order chi connectivity index (χ1) is 13.5. The highest BCUT2D eigenvalue weighted by Crippen LogP contribution is 2.28. The van der Waals surface area contributed by atoms with Crippen LogP contribution < -0.4 is 10.9 Å². The quantitative estimate of drug-likeness (QED) is 0.548. The Morgan fingerprint density at radius 1 is 1.18 bits per heavy atom. The van der Waals surface area contributed by atoms with Gasteiger partial charge in [0, 0.05) is 22.7 Å². The maximum Gasteiger partial charge on any atom is 0.274 e. The number of thiazole rings is 1. The Balaban J connectivity index is 1.46. The maximum atomic E-state index is 12.5. The summed E-state index contributed by atoms with van der Waals surface area (Å²) >= 11 is 3.25. The highest BCUT2D eigenvalue weighted by atomic mass is 32.1. The first-order valence-corrected chi connectivity index (χ1v) is 10.4. The number of benzene rings is 1. The molecule has 1 amide bonds. The standard InChI is InChI=1S/C20H18N4O2S2/c1-12-22-17(11-27-12)18-8-7-13(28-18)10-21-19(25)9-16-14-5-3-4-6-15(14)20(26)24(2)23-16/h3-8,11H,9-10H2,1-2H3,(H,21,25). The molecule has 0 fully saturated rings. The second kappa shape index (κ2) is 7.65. The summed E-state index contributed by atoms with van der Waals surface area (Å²) in [7, 11) is 1.60. The molecule has 8 heteroatoms. The van der Waals surface area contributed by atoms with E-state index in [4.69, 9.17) is 0 Å². The van der Waals surface area contributed by atoms with Crippen LogP contribution in [0.5, 0.6) is 0 Å².